The lowest BCUT2D eigenvalue weighted by Gasteiger charge is -2.32. The first-order valence-corrected chi connectivity index (χ1v) is 7.77. The van der Waals surface area contributed by atoms with Crippen LogP contribution in [0.25, 0.3) is 0 Å². The van der Waals surface area contributed by atoms with Crippen LogP contribution in [0.3, 0.4) is 0 Å². The van der Waals surface area contributed by atoms with Crippen LogP contribution in [0.1, 0.15) is 36.8 Å². The van der Waals surface area contributed by atoms with Gasteiger partial charge in [0.1, 0.15) is 6.07 Å². The van der Waals surface area contributed by atoms with Crippen molar-refractivity contribution in [2.45, 2.75) is 38.6 Å². The van der Waals surface area contributed by atoms with Gasteiger partial charge in [-0.2, -0.15) is 5.26 Å². The van der Waals surface area contributed by atoms with E-state index in [0.717, 1.165) is 29.9 Å². The van der Waals surface area contributed by atoms with E-state index in [1.54, 1.807) is 0 Å². The number of likely N-dealkylation sites (tertiary alicyclic amines) is 1. The number of benzene rings is 1. The van der Waals surface area contributed by atoms with Gasteiger partial charge in [-0.05, 0) is 57.0 Å². The maximum absolute atomic E-state index is 9.33. The molecule has 1 aromatic rings. The molecule has 0 bridgehead atoms. The fourth-order valence-corrected chi connectivity index (χ4v) is 3.56. The van der Waals surface area contributed by atoms with Crippen molar-refractivity contribution in [1.82, 2.24) is 4.90 Å². The third kappa shape index (κ3) is 2.66. The summed E-state index contributed by atoms with van der Waals surface area (Å²) in [5.74, 6) is 0. The Morgan fingerprint density at radius 3 is 2.70 bits per heavy atom. The molecule has 0 aromatic heterocycles. The number of hydrogen-bond donors (Lipinski definition) is 0. The molecule has 2 fully saturated rings. The van der Waals surface area contributed by atoms with Crippen molar-refractivity contribution >= 4 is 5.69 Å². The third-order valence-corrected chi connectivity index (χ3v) is 4.68. The molecule has 0 N–H and O–H groups in total. The molecule has 1 atom stereocenters. The van der Waals surface area contributed by atoms with E-state index in [9.17, 15) is 5.26 Å². The average molecular weight is 269 g/mol. The minimum absolute atomic E-state index is 0.683. The van der Waals surface area contributed by atoms with E-state index in [2.05, 4.69) is 28.0 Å². The van der Waals surface area contributed by atoms with Crippen LogP contribution < -0.4 is 4.90 Å². The number of rotatable bonds is 2. The second kappa shape index (κ2) is 5.85. The molecule has 2 heterocycles. The van der Waals surface area contributed by atoms with Gasteiger partial charge in [0.15, 0.2) is 0 Å². The van der Waals surface area contributed by atoms with Crippen molar-refractivity contribution in [2.24, 2.45) is 0 Å². The van der Waals surface area contributed by atoms with E-state index in [-0.39, 0.29) is 0 Å². The molecule has 20 heavy (non-hydrogen) atoms. The van der Waals surface area contributed by atoms with Crippen LogP contribution >= 0.6 is 0 Å². The Morgan fingerprint density at radius 1 is 1.15 bits per heavy atom. The molecular formula is C17H23N3. The first kappa shape index (κ1) is 13.5. The first-order chi connectivity index (χ1) is 9.78. The topological polar surface area (TPSA) is 30.3 Å². The van der Waals surface area contributed by atoms with Gasteiger partial charge in [-0.3, -0.25) is 4.90 Å². The van der Waals surface area contributed by atoms with Gasteiger partial charge >= 0.3 is 0 Å². The molecule has 106 valence electrons. The van der Waals surface area contributed by atoms with Gasteiger partial charge in [-0.25, -0.2) is 0 Å². The lowest BCUT2D eigenvalue weighted by Crippen LogP contribution is -2.40. The van der Waals surface area contributed by atoms with Gasteiger partial charge in [0.05, 0.1) is 11.3 Å². The van der Waals surface area contributed by atoms with Crippen LogP contribution in [0, 0.1) is 18.3 Å². The van der Waals surface area contributed by atoms with Crippen LogP contribution in [0.5, 0.6) is 0 Å². The Bertz CT molecular complexity index is 511. The van der Waals surface area contributed by atoms with Crippen LogP contribution in [0.4, 0.5) is 5.69 Å². The number of piperidine rings is 1. The van der Waals surface area contributed by atoms with E-state index in [4.69, 9.17) is 0 Å². The number of nitrogens with zero attached hydrogens (tertiary/aromatic N) is 3. The molecule has 1 aromatic carbocycles. The number of aryl methyl sites for hydroxylation is 1. The zero-order valence-electron chi connectivity index (χ0n) is 12.3. The lowest BCUT2D eigenvalue weighted by molar-refractivity contribution is 0.175. The van der Waals surface area contributed by atoms with Crippen molar-refractivity contribution in [2.75, 3.05) is 31.1 Å². The molecule has 0 amide bonds. The molecule has 1 unspecified atom stereocenters. The standard InChI is InChI=1S/C17H23N3/c1-14-5-6-17(15(11-14)12-18)20-10-7-16(13-20)19-8-3-2-4-9-19/h5-6,11,16H,2-4,7-10,13H2,1H3. The van der Waals surface area contributed by atoms with Crippen LogP contribution in [0.2, 0.25) is 0 Å². The second-order valence-corrected chi connectivity index (χ2v) is 6.12. The zero-order valence-corrected chi connectivity index (χ0v) is 12.3. The van der Waals surface area contributed by atoms with Crippen molar-refractivity contribution < 1.29 is 0 Å². The summed E-state index contributed by atoms with van der Waals surface area (Å²) < 4.78 is 0. The Morgan fingerprint density at radius 2 is 1.95 bits per heavy atom. The average Bonchev–Trinajstić information content (AvgIpc) is 2.97. The summed E-state index contributed by atoms with van der Waals surface area (Å²) >= 11 is 0. The summed E-state index contributed by atoms with van der Waals surface area (Å²) in [6.45, 7) is 6.73. The zero-order chi connectivity index (χ0) is 13.9. The minimum Gasteiger partial charge on any atom is -0.369 e. The molecule has 0 aliphatic carbocycles. The van der Waals surface area contributed by atoms with E-state index in [0.29, 0.717) is 6.04 Å². The third-order valence-electron chi connectivity index (χ3n) is 4.68. The summed E-state index contributed by atoms with van der Waals surface area (Å²) in [6.07, 6.45) is 5.33. The summed E-state index contributed by atoms with van der Waals surface area (Å²) in [5.41, 5.74) is 3.11. The van der Waals surface area contributed by atoms with E-state index in [1.165, 1.54) is 38.8 Å². The Hall–Kier alpha value is -1.53. The number of nitriles is 1. The normalized spacial score (nSPS) is 23.8. The molecular weight excluding hydrogens is 246 g/mol. The van der Waals surface area contributed by atoms with Crippen molar-refractivity contribution in [3.8, 4) is 6.07 Å². The molecule has 3 rings (SSSR count). The monoisotopic (exact) mass is 269 g/mol. The molecule has 2 aliphatic rings. The highest BCUT2D eigenvalue weighted by Gasteiger charge is 2.29. The molecule has 2 aliphatic heterocycles. The number of anilines is 1. The predicted molar refractivity (Wildman–Crippen MR) is 81.9 cm³/mol. The Kier molecular flexibility index (Phi) is 3.93. The van der Waals surface area contributed by atoms with Crippen LogP contribution in [-0.2, 0) is 0 Å². The first-order valence-electron chi connectivity index (χ1n) is 7.77. The minimum atomic E-state index is 0.683. The highest BCUT2D eigenvalue weighted by atomic mass is 15.3. The fraction of sp³-hybridized carbons (Fsp3) is 0.588. The summed E-state index contributed by atoms with van der Waals surface area (Å²) in [7, 11) is 0. The summed E-state index contributed by atoms with van der Waals surface area (Å²) in [5, 5.41) is 9.33. The van der Waals surface area contributed by atoms with Crippen molar-refractivity contribution in [1.29, 1.82) is 5.26 Å². The predicted octanol–water partition coefficient (Wildman–Crippen LogP) is 2.93. The van der Waals surface area contributed by atoms with Gasteiger partial charge in [-0.1, -0.05) is 12.5 Å². The number of hydrogen-bond acceptors (Lipinski definition) is 3. The fourth-order valence-electron chi connectivity index (χ4n) is 3.56. The Labute approximate surface area is 121 Å². The molecule has 0 saturated carbocycles. The van der Waals surface area contributed by atoms with Gasteiger partial charge < -0.3 is 4.90 Å². The molecule has 0 spiro atoms. The maximum Gasteiger partial charge on any atom is 0.101 e. The van der Waals surface area contributed by atoms with Crippen molar-refractivity contribution in [3.63, 3.8) is 0 Å². The highest BCUT2D eigenvalue weighted by molar-refractivity contribution is 5.61. The maximum atomic E-state index is 9.33. The smallest absolute Gasteiger partial charge is 0.101 e. The summed E-state index contributed by atoms with van der Waals surface area (Å²) in [6, 6.07) is 9.27. The quantitative estimate of drug-likeness (QED) is 0.827. The van der Waals surface area contributed by atoms with Crippen LogP contribution in [-0.4, -0.2) is 37.1 Å². The van der Waals surface area contributed by atoms with Crippen LogP contribution in [0.15, 0.2) is 18.2 Å². The van der Waals surface area contributed by atoms with Crippen molar-refractivity contribution in [3.05, 3.63) is 29.3 Å². The largest absolute Gasteiger partial charge is 0.369 e. The van der Waals surface area contributed by atoms with E-state index >= 15 is 0 Å². The second-order valence-electron chi connectivity index (χ2n) is 6.12. The Balaban J connectivity index is 1.72. The highest BCUT2D eigenvalue weighted by Crippen LogP contribution is 2.28. The molecule has 3 nitrogen and oxygen atoms in total. The molecule has 3 heteroatoms. The lowest BCUT2D eigenvalue weighted by atomic mass is 10.1. The van der Waals surface area contributed by atoms with Gasteiger partial charge in [-0.15, -0.1) is 0 Å². The van der Waals surface area contributed by atoms with Gasteiger partial charge in [0.25, 0.3) is 0 Å². The van der Waals surface area contributed by atoms with Gasteiger partial charge in [0.2, 0.25) is 0 Å². The van der Waals surface area contributed by atoms with Gasteiger partial charge in [0, 0.05) is 19.1 Å². The molecule has 0 radical (unpaired) electrons. The van der Waals surface area contributed by atoms with E-state index < -0.39 is 0 Å². The summed E-state index contributed by atoms with van der Waals surface area (Å²) in [4.78, 5) is 5.06. The SMILES string of the molecule is Cc1ccc(N2CCC(N3CCCCC3)C2)c(C#N)c1. The van der Waals surface area contributed by atoms with E-state index in [1.807, 2.05) is 13.0 Å². The molecule has 2 saturated heterocycles.